The third-order valence-corrected chi connectivity index (χ3v) is 10.8. The van der Waals surface area contributed by atoms with Gasteiger partial charge in [0, 0.05) is 23.6 Å². The molecule has 0 saturated heterocycles. The minimum absolute atomic E-state index is 0.125. The largest absolute Gasteiger partial charge is 0.338 e. The Morgan fingerprint density at radius 1 is 1.16 bits per heavy atom. The highest BCUT2D eigenvalue weighted by atomic mass is 32.2. The molecule has 0 unspecified atom stereocenters. The minimum Gasteiger partial charge on any atom is -0.338 e. The number of nitrogens with zero attached hydrogens (tertiary/aromatic N) is 3. The van der Waals surface area contributed by atoms with E-state index in [1.165, 1.54) is 17.4 Å². The maximum atomic E-state index is 14.0. The second-order valence-electron chi connectivity index (χ2n) is 10.4. The summed E-state index contributed by atoms with van der Waals surface area (Å²) in [4.78, 5) is 23.3. The van der Waals surface area contributed by atoms with Crippen LogP contribution in [0.4, 0.5) is 4.39 Å². The number of carbonyl (C=O) groups is 1. The Morgan fingerprint density at radius 2 is 1.87 bits per heavy atom. The minimum atomic E-state index is -3.42. The lowest BCUT2D eigenvalue weighted by Gasteiger charge is -2.31. The Morgan fingerprint density at radius 3 is 2.50 bits per heavy atom. The summed E-state index contributed by atoms with van der Waals surface area (Å²) in [7, 11) is -3.42. The molecular formula is C28H29FN4O3S2. The highest BCUT2D eigenvalue weighted by molar-refractivity contribution is 7.92. The maximum Gasteiger partial charge on any atom is 0.225 e. The Balaban J connectivity index is 1.57. The standard InChI is InChI=1S/C28H29FN4O3S2/c1-17(2)38(35,36)21-9-7-18(8-10-21)25-24(32-27(37-25)19-13-20(29)15-31-14-19)22-5-3-4-6-23(22)26(34)33-28(16-30)11-12-28/h7-10,13-15,17,22-23H,3-6,11-12H2,1-2H3,(H,33,34)/t22-,23-/m1/s1. The number of benzene rings is 1. The molecule has 2 aromatic heterocycles. The molecule has 5 rings (SSSR count). The van der Waals surface area contributed by atoms with Crippen LogP contribution in [0.1, 0.15) is 64.0 Å². The number of aromatic nitrogens is 2. The van der Waals surface area contributed by atoms with Crippen LogP contribution in [0.2, 0.25) is 0 Å². The molecule has 1 aromatic carbocycles. The third-order valence-electron chi connectivity index (χ3n) is 7.45. The zero-order valence-corrected chi connectivity index (χ0v) is 22.9. The second-order valence-corrected chi connectivity index (χ2v) is 13.9. The lowest BCUT2D eigenvalue weighted by molar-refractivity contribution is -0.127. The fraction of sp³-hybridized carbons (Fsp3) is 0.429. The van der Waals surface area contributed by atoms with Crippen LogP contribution in [-0.4, -0.2) is 35.1 Å². The molecule has 0 radical (unpaired) electrons. The molecule has 0 aliphatic heterocycles. The summed E-state index contributed by atoms with van der Waals surface area (Å²) >= 11 is 1.38. The number of hydrogen-bond acceptors (Lipinski definition) is 7. The molecule has 2 saturated carbocycles. The summed E-state index contributed by atoms with van der Waals surface area (Å²) in [6.07, 6.45) is 7.33. The topological polar surface area (TPSA) is 113 Å². The van der Waals surface area contributed by atoms with E-state index >= 15 is 0 Å². The van der Waals surface area contributed by atoms with Gasteiger partial charge in [-0.2, -0.15) is 5.26 Å². The van der Waals surface area contributed by atoms with Crippen molar-refractivity contribution in [1.29, 1.82) is 5.26 Å². The van der Waals surface area contributed by atoms with Gasteiger partial charge >= 0.3 is 0 Å². The summed E-state index contributed by atoms with van der Waals surface area (Å²) < 4.78 is 39.3. The zero-order chi connectivity index (χ0) is 27.1. The fourth-order valence-electron chi connectivity index (χ4n) is 5.00. The molecule has 7 nitrogen and oxygen atoms in total. The summed E-state index contributed by atoms with van der Waals surface area (Å²) in [5, 5.41) is 12.5. The first-order valence-electron chi connectivity index (χ1n) is 12.8. The number of halogens is 1. The highest BCUT2D eigenvalue weighted by Crippen LogP contribution is 2.46. The van der Waals surface area contributed by atoms with Crippen LogP contribution in [0.15, 0.2) is 47.6 Å². The van der Waals surface area contributed by atoms with Gasteiger partial charge in [-0.1, -0.05) is 25.0 Å². The molecule has 2 atom stereocenters. The molecule has 0 bridgehead atoms. The number of rotatable bonds is 7. The third kappa shape index (κ3) is 5.09. The molecule has 10 heteroatoms. The number of carbonyl (C=O) groups excluding carboxylic acids is 1. The number of thiazole rings is 1. The van der Waals surface area contributed by atoms with Crippen LogP contribution in [0.25, 0.3) is 21.0 Å². The molecular weight excluding hydrogens is 523 g/mol. The van der Waals surface area contributed by atoms with Gasteiger partial charge in [-0.05, 0) is 63.3 Å². The fourth-order valence-corrected chi connectivity index (χ4v) is 7.18. The van der Waals surface area contributed by atoms with Gasteiger partial charge in [0.1, 0.15) is 16.4 Å². The molecule has 2 fully saturated rings. The first-order chi connectivity index (χ1) is 18.1. The van der Waals surface area contributed by atoms with E-state index in [-0.39, 0.29) is 22.6 Å². The van der Waals surface area contributed by atoms with Gasteiger partial charge in [0.15, 0.2) is 9.84 Å². The van der Waals surface area contributed by atoms with Gasteiger partial charge in [0.05, 0.1) is 33.0 Å². The van der Waals surface area contributed by atoms with E-state index in [1.807, 2.05) is 0 Å². The molecule has 1 amide bonds. The van der Waals surface area contributed by atoms with Crippen molar-refractivity contribution >= 4 is 27.1 Å². The number of amides is 1. The summed E-state index contributed by atoms with van der Waals surface area (Å²) in [5.41, 5.74) is 1.33. The van der Waals surface area contributed by atoms with Crippen LogP contribution < -0.4 is 5.32 Å². The van der Waals surface area contributed by atoms with Crippen molar-refractivity contribution in [2.45, 2.75) is 74.0 Å². The first kappa shape index (κ1) is 26.4. The van der Waals surface area contributed by atoms with Crippen LogP contribution in [0.3, 0.4) is 0 Å². The van der Waals surface area contributed by atoms with Crippen molar-refractivity contribution < 1.29 is 17.6 Å². The SMILES string of the molecule is CC(C)S(=O)(=O)c1ccc(-c2sc(-c3cncc(F)c3)nc2[C@@H]2CCCC[C@H]2C(=O)NC2(C#N)CC2)cc1. The first-order valence-corrected chi connectivity index (χ1v) is 15.2. The molecule has 198 valence electrons. The van der Waals surface area contributed by atoms with Crippen molar-refractivity contribution in [3.8, 4) is 27.1 Å². The lowest BCUT2D eigenvalue weighted by Crippen LogP contribution is -2.42. The van der Waals surface area contributed by atoms with Crippen molar-refractivity contribution in [2.75, 3.05) is 0 Å². The van der Waals surface area contributed by atoms with E-state index in [2.05, 4.69) is 16.4 Å². The smallest absolute Gasteiger partial charge is 0.225 e. The van der Waals surface area contributed by atoms with Gasteiger partial charge in [0.25, 0.3) is 0 Å². The van der Waals surface area contributed by atoms with Crippen molar-refractivity contribution in [2.24, 2.45) is 5.92 Å². The second kappa shape index (κ2) is 10.2. The predicted octanol–water partition coefficient (Wildman–Crippen LogP) is 5.64. The van der Waals surface area contributed by atoms with Crippen LogP contribution >= 0.6 is 11.3 Å². The summed E-state index contributed by atoms with van der Waals surface area (Å²) in [6, 6.07) is 10.4. The Kier molecular flexibility index (Phi) is 7.09. The average Bonchev–Trinajstić information content (AvgIpc) is 3.55. The number of sulfone groups is 1. The van der Waals surface area contributed by atoms with E-state index in [0.717, 1.165) is 41.6 Å². The summed E-state index contributed by atoms with van der Waals surface area (Å²) in [5.74, 6) is -1.11. The molecule has 2 aliphatic rings. The molecule has 2 aliphatic carbocycles. The van der Waals surface area contributed by atoms with Crippen LogP contribution in [-0.2, 0) is 14.6 Å². The number of nitriles is 1. The Bertz CT molecular complexity index is 1510. The Labute approximate surface area is 226 Å². The molecule has 1 N–H and O–H groups in total. The van der Waals surface area contributed by atoms with Crippen molar-refractivity contribution in [1.82, 2.24) is 15.3 Å². The lowest BCUT2D eigenvalue weighted by atomic mass is 9.76. The monoisotopic (exact) mass is 552 g/mol. The van der Waals surface area contributed by atoms with Crippen LogP contribution in [0.5, 0.6) is 0 Å². The van der Waals surface area contributed by atoms with Gasteiger partial charge < -0.3 is 5.32 Å². The maximum absolute atomic E-state index is 14.0. The zero-order valence-electron chi connectivity index (χ0n) is 21.3. The number of hydrogen-bond donors (Lipinski definition) is 1. The molecule has 38 heavy (non-hydrogen) atoms. The van der Waals surface area contributed by atoms with Gasteiger partial charge in [0.2, 0.25) is 5.91 Å². The average molecular weight is 553 g/mol. The Hall–Kier alpha value is -3.16. The molecule has 0 spiro atoms. The number of nitrogens with one attached hydrogen (secondary N) is 1. The van der Waals surface area contributed by atoms with Gasteiger partial charge in [-0.15, -0.1) is 11.3 Å². The van der Waals surface area contributed by atoms with E-state index in [9.17, 15) is 22.9 Å². The number of pyridine rings is 1. The van der Waals surface area contributed by atoms with E-state index in [0.29, 0.717) is 29.8 Å². The quantitative estimate of drug-likeness (QED) is 0.406. The summed E-state index contributed by atoms with van der Waals surface area (Å²) in [6.45, 7) is 3.30. The van der Waals surface area contributed by atoms with E-state index in [1.54, 1.807) is 44.3 Å². The molecule has 2 heterocycles. The van der Waals surface area contributed by atoms with Gasteiger partial charge in [-0.3, -0.25) is 9.78 Å². The van der Waals surface area contributed by atoms with Crippen LogP contribution in [0, 0.1) is 23.1 Å². The highest BCUT2D eigenvalue weighted by Gasteiger charge is 2.47. The van der Waals surface area contributed by atoms with E-state index < -0.39 is 26.4 Å². The normalized spacial score (nSPS) is 20.6. The van der Waals surface area contributed by atoms with Crippen molar-refractivity contribution in [3.05, 3.63) is 54.2 Å². The van der Waals surface area contributed by atoms with E-state index in [4.69, 9.17) is 4.98 Å². The van der Waals surface area contributed by atoms with Crippen molar-refractivity contribution in [3.63, 3.8) is 0 Å². The predicted molar refractivity (Wildman–Crippen MR) is 143 cm³/mol. The molecule has 3 aromatic rings. The van der Waals surface area contributed by atoms with Gasteiger partial charge in [-0.25, -0.2) is 17.8 Å².